The maximum Gasteiger partial charge on any atom is 0.266 e. The van der Waals surface area contributed by atoms with Crippen molar-refractivity contribution in [1.29, 1.82) is 0 Å². The average molecular weight is 294 g/mol. The Labute approximate surface area is 114 Å². The zero-order chi connectivity index (χ0) is 15.2. The van der Waals surface area contributed by atoms with Gasteiger partial charge in [0.1, 0.15) is 5.76 Å². The lowest BCUT2D eigenvalue weighted by atomic mass is 10.1. The molecule has 1 amide bonds. The standard InChI is InChI=1S/C11H22N2O5S/c1-9(14)10(12(2)3)5-6-11(15)13(4)7-8-19(16,17)18/h10,14H,1,5-8H2,2-4H3,(H,16,17,18). The van der Waals surface area contributed by atoms with E-state index >= 15 is 0 Å². The van der Waals surface area contributed by atoms with Gasteiger partial charge >= 0.3 is 0 Å². The number of nitrogens with zero attached hydrogens (tertiary/aromatic N) is 2. The molecule has 0 aliphatic rings. The Morgan fingerprint density at radius 1 is 1.32 bits per heavy atom. The summed E-state index contributed by atoms with van der Waals surface area (Å²) in [6.45, 7) is 3.38. The minimum atomic E-state index is -4.07. The first-order chi connectivity index (χ1) is 8.54. The number of carbonyl (C=O) groups is 1. The molecule has 0 radical (unpaired) electrons. The van der Waals surface area contributed by atoms with E-state index in [0.29, 0.717) is 6.42 Å². The lowest BCUT2D eigenvalue weighted by molar-refractivity contribution is -0.129. The van der Waals surface area contributed by atoms with Crippen molar-refractivity contribution in [1.82, 2.24) is 9.80 Å². The number of aliphatic hydroxyl groups excluding tert-OH is 1. The fourth-order valence-electron chi connectivity index (χ4n) is 1.55. The Morgan fingerprint density at radius 2 is 1.84 bits per heavy atom. The van der Waals surface area contributed by atoms with Gasteiger partial charge in [-0.3, -0.25) is 14.2 Å². The molecule has 8 heteroatoms. The van der Waals surface area contributed by atoms with Gasteiger partial charge in [-0.1, -0.05) is 6.58 Å². The van der Waals surface area contributed by atoms with Crippen molar-refractivity contribution in [3.05, 3.63) is 12.3 Å². The first-order valence-corrected chi connectivity index (χ1v) is 7.39. The van der Waals surface area contributed by atoms with Gasteiger partial charge in [0.05, 0.1) is 11.8 Å². The summed E-state index contributed by atoms with van der Waals surface area (Å²) in [5, 5.41) is 9.37. The summed E-state index contributed by atoms with van der Waals surface area (Å²) in [6, 6.07) is -0.320. The highest BCUT2D eigenvalue weighted by molar-refractivity contribution is 7.85. The average Bonchev–Trinajstić information content (AvgIpc) is 2.23. The molecule has 0 saturated heterocycles. The number of aliphatic hydroxyl groups is 1. The van der Waals surface area contributed by atoms with Gasteiger partial charge in [-0.15, -0.1) is 0 Å². The van der Waals surface area contributed by atoms with Crippen LogP contribution in [0.5, 0.6) is 0 Å². The van der Waals surface area contributed by atoms with Crippen LogP contribution in [0.25, 0.3) is 0 Å². The maximum absolute atomic E-state index is 11.7. The zero-order valence-corrected chi connectivity index (χ0v) is 12.4. The number of hydrogen-bond donors (Lipinski definition) is 2. The van der Waals surface area contributed by atoms with E-state index in [9.17, 15) is 18.3 Å². The fourth-order valence-corrected chi connectivity index (χ4v) is 2.06. The van der Waals surface area contributed by atoms with E-state index in [-0.39, 0.29) is 30.7 Å². The summed E-state index contributed by atoms with van der Waals surface area (Å²) in [6.07, 6.45) is 0.543. The molecule has 1 unspecified atom stereocenters. The summed E-state index contributed by atoms with van der Waals surface area (Å²) in [5.41, 5.74) is 0. The second kappa shape index (κ2) is 7.46. The molecule has 0 aliphatic heterocycles. The summed E-state index contributed by atoms with van der Waals surface area (Å²) in [4.78, 5) is 14.7. The van der Waals surface area contributed by atoms with Crippen LogP contribution in [0.1, 0.15) is 12.8 Å². The van der Waals surface area contributed by atoms with Crippen LogP contribution in [0, 0.1) is 0 Å². The van der Waals surface area contributed by atoms with Crippen LogP contribution in [0.2, 0.25) is 0 Å². The van der Waals surface area contributed by atoms with E-state index in [4.69, 9.17) is 4.55 Å². The monoisotopic (exact) mass is 294 g/mol. The van der Waals surface area contributed by atoms with Gasteiger partial charge in [0.2, 0.25) is 5.91 Å². The van der Waals surface area contributed by atoms with Gasteiger partial charge in [0, 0.05) is 20.0 Å². The number of rotatable bonds is 8. The maximum atomic E-state index is 11.7. The Hall–Kier alpha value is -1.12. The van der Waals surface area contributed by atoms with Crippen LogP contribution >= 0.6 is 0 Å². The minimum absolute atomic E-state index is 0.0154. The summed E-state index contributed by atoms with van der Waals surface area (Å²) in [7, 11) is 0.922. The molecule has 19 heavy (non-hydrogen) atoms. The number of amides is 1. The van der Waals surface area contributed by atoms with Crippen molar-refractivity contribution >= 4 is 16.0 Å². The molecule has 2 N–H and O–H groups in total. The zero-order valence-electron chi connectivity index (χ0n) is 11.5. The first kappa shape index (κ1) is 17.9. The summed E-state index contributed by atoms with van der Waals surface area (Å²) >= 11 is 0. The van der Waals surface area contributed by atoms with Crippen molar-refractivity contribution in [2.24, 2.45) is 0 Å². The van der Waals surface area contributed by atoms with Crippen LogP contribution < -0.4 is 0 Å². The molecule has 0 bridgehead atoms. The van der Waals surface area contributed by atoms with Crippen LogP contribution in [-0.2, 0) is 14.9 Å². The lowest BCUT2D eigenvalue weighted by Gasteiger charge is -2.24. The third kappa shape index (κ3) is 7.81. The molecular weight excluding hydrogens is 272 g/mol. The van der Waals surface area contributed by atoms with Crippen molar-refractivity contribution in [3.63, 3.8) is 0 Å². The van der Waals surface area contributed by atoms with Gasteiger partial charge in [-0.05, 0) is 20.5 Å². The Bertz CT molecular complexity index is 419. The third-order valence-corrected chi connectivity index (χ3v) is 3.45. The summed E-state index contributed by atoms with van der Waals surface area (Å²) in [5.74, 6) is -0.755. The minimum Gasteiger partial charge on any atom is -0.511 e. The molecule has 0 aromatic heterocycles. The Balaban J connectivity index is 4.26. The Kier molecular flexibility index (Phi) is 7.02. The highest BCUT2D eigenvalue weighted by Crippen LogP contribution is 2.11. The molecule has 0 saturated carbocycles. The quantitative estimate of drug-likeness (QED) is 0.487. The predicted octanol–water partition coefficient (Wildman–Crippen LogP) is 0.115. The van der Waals surface area contributed by atoms with Crippen LogP contribution in [0.4, 0.5) is 0 Å². The second-order valence-corrected chi connectivity index (χ2v) is 6.18. The molecular formula is C11H22N2O5S. The molecule has 0 fully saturated rings. The van der Waals surface area contributed by atoms with Gasteiger partial charge in [-0.25, -0.2) is 0 Å². The number of likely N-dealkylation sites (N-methyl/N-ethyl adjacent to an activating group) is 1. The molecule has 0 rings (SSSR count). The van der Waals surface area contributed by atoms with Crippen LogP contribution in [0.15, 0.2) is 12.3 Å². The van der Waals surface area contributed by atoms with E-state index in [1.165, 1.54) is 11.9 Å². The smallest absolute Gasteiger partial charge is 0.266 e. The predicted molar refractivity (Wildman–Crippen MR) is 72.5 cm³/mol. The lowest BCUT2D eigenvalue weighted by Crippen LogP contribution is -2.34. The second-order valence-electron chi connectivity index (χ2n) is 4.61. The highest BCUT2D eigenvalue weighted by Gasteiger charge is 2.18. The topological polar surface area (TPSA) is 98.2 Å². The highest BCUT2D eigenvalue weighted by atomic mass is 32.2. The van der Waals surface area contributed by atoms with E-state index in [0.717, 1.165) is 0 Å². The van der Waals surface area contributed by atoms with E-state index < -0.39 is 15.9 Å². The van der Waals surface area contributed by atoms with Gasteiger partial charge in [0.25, 0.3) is 10.1 Å². The summed E-state index contributed by atoms with van der Waals surface area (Å²) < 4.78 is 29.7. The third-order valence-electron chi connectivity index (χ3n) is 2.75. The number of carbonyl (C=O) groups excluding carboxylic acids is 1. The van der Waals surface area contributed by atoms with Gasteiger partial charge in [0.15, 0.2) is 0 Å². The molecule has 0 spiro atoms. The molecule has 0 aliphatic carbocycles. The molecule has 112 valence electrons. The van der Waals surface area contributed by atoms with Crippen LogP contribution in [-0.4, -0.2) is 73.3 Å². The van der Waals surface area contributed by atoms with Crippen molar-refractivity contribution in [2.45, 2.75) is 18.9 Å². The normalized spacial score (nSPS) is 13.3. The largest absolute Gasteiger partial charge is 0.511 e. The molecule has 0 heterocycles. The molecule has 1 atom stereocenters. The van der Waals surface area contributed by atoms with Crippen molar-refractivity contribution < 1.29 is 22.9 Å². The van der Waals surface area contributed by atoms with Crippen molar-refractivity contribution in [3.8, 4) is 0 Å². The fraction of sp³-hybridized carbons (Fsp3) is 0.727. The van der Waals surface area contributed by atoms with E-state index in [1.54, 1.807) is 19.0 Å². The van der Waals surface area contributed by atoms with Gasteiger partial charge in [-0.2, -0.15) is 8.42 Å². The molecule has 0 aromatic carbocycles. The molecule has 0 aromatic rings. The Morgan fingerprint density at radius 3 is 2.21 bits per heavy atom. The van der Waals surface area contributed by atoms with Gasteiger partial charge < -0.3 is 10.0 Å². The first-order valence-electron chi connectivity index (χ1n) is 5.78. The number of hydrogen-bond acceptors (Lipinski definition) is 5. The van der Waals surface area contributed by atoms with Crippen molar-refractivity contribution in [2.75, 3.05) is 33.4 Å². The molecule has 7 nitrogen and oxygen atoms in total. The SMILES string of the molecule is C=C(O)C(CCC(=O)N(C)CCS(=O)(=O)O)N(C)C. The van der Waals surface area contributed by atoms with E-state index in [1.807, 2.05) is 0 Å². The van der Waals surface area contributed by atoms with Crippen LogP contribution in [0.3, 0.4) is 0 Å². The van der Waals surface area contributed by atoms with E-state index in [2.05, 4.69) is 6.58 Å².